The highest BCUT2D eigenvalue weighted by atomic mass is 35.5. The first-order valence-electron chi connectivity index (χ1n) is 8.70. The molecule has 28 heavy (non-hydrogen) atoms. The summed E-state index contributed by atoms with van der Waals surface area (Å²) < 4.78 is 10.3. The predicted molar refractivity (Wildman–Crippen MR) is 107 cm³/mol. The van der Waals surface area contributed by atoms with Gasteiger partial charge in [-0.3, -0.25) is 4.79 Å². The second-order valence-electron chi connectivity index (χ2n) is 6.50. The van der Waals surface area contributed by atoms with E-state index in [4.69, 9.17) is 32.7 Å². The minimum Gasteiger partial charge on any atom is -0.490 e. The quantitative estimate of drug-likeness (QED) is 0.691. The Labute approximate surface area is 171 Å². The molecule has 1 amide bonds. The SMILES string of the molecule is COc1cnc(C(=O)N2CCc3[nH]c4c(Cl)c(Cl)ccc4c3[C@H]2C)nc1OC. The molecule has 1 N–H and O–H groups in total. The molecule has 0 spiro atoms. The summed E-state index contributed by atoms with van der Waals surface area (Å²) in [5, 5.41) is 1.94. The average Bonchev–Trinajstić information content (AvgIpc) is 3.10. The number of fused-ring (bicyclic) bond motifs is 3. The summed E-state index contributed by atoms with van der Waals surface area (Å²) in [7, 11) is 2.96. The smallest absolute Gasteiger partial charge is 0.292 e. The van der Waals surface area contributed by atoms with Gasteiger partial charge < -0.3 is 19.4 Å². The Kier molecular flexibility index (Phi) is 4.81. The van der Waals surface area contributed by atoms with Gasteiger partial charge >= 0.3 is 0 Å². The van der Waals surface area contributed by atoms with Crippen LogP contribution in [0.25, 0.3) is 10.9 Å². The van der Waals surface area contributed by atoms with Gasteiger partial charge in [0.1, 0.15) is 0 Å². The molecule has 1 aliphatic rings. The van der Waals surface area contributed by atoms with E-state index in [0.29, 0.717) is 28.8 Å². The number of nitrogens with one attached hydrogen (secondary N) is 1. The van der Waals surface area contributed by atoms with Crippen molar-refractivity contribution in [3.63, 3.8) is 0 Å². The molecule has 0 aliphatic carbocycles. The van der Waals surface area contributed by atoms with E-state index < -0.39 is 0 Å². The van der Waals surface area contributed by atoms with Crippen LogP contribution in [0.5, 0.6) is 11.6 Å². The molecule has 0 saturated carbocycles. The molecule has 0 bridgehead atoms. The Bertz CT molecular complexity index is 1080. The first-order valence-corrected chi connectivity index (χ1v) is 9.46. The average molecular weight is 421 g/mol. The van der Waals surface area contributed by atoms with Crippen molar-refractivity contribution in [2.24, 2.45) is 0 Å². The Morgan fingerprint density at radius 1 is 1.29 bits per heavy atom. The van der Waals surface area contributed by atoms with E-state index >= 15 is 0 Å². The van der Waals surface area contributed by atoms with Crippen LogP contribution in [0.2, 0.25) is 10.0 Å². The fourth-order valence-electron chi connectivity index (χ4n) is 3.68. The van der Waals surface area contributed by atoms with Crippen LogP contribution in [-0.2, 0) is 6.42 Å². The molecule has 7 nitrogen and oxygen atoms in total. The molecule has 0 fully saturated rings. The molecule has 9 heteroatoms. The van der Waals surface area contributed by atoms with Crippen LogP contribution in [-0.4, -0.2) is 46.5 Å². The molecule has 146 valence electrons. The molecule has 0 unspecified atom stereocenters. The van der Waals surface area contributed by atoms with Gasteiger partial charge in [-0.2, -0.15) is 4.98 Å². The van der Waals surface area contributed by atoms with Crippen LogP contribution in [0.3, 0.4) is 0 Å². The minimum absolute atomic E-state index is 0.0638. The molecule has 4 rings (SSSR count). The molecule has 1 aliphatic heterocycles. The zero-order chi connectivity index (χ0) is 20.0. The Hall–Kier alpha value is -2.51. The van der Waals surface area contributed by atoms with E-state index in [-0.39, 0.29) is 23.7 Å². The molecule has 1 atom stereocenters. The third-order valence-corrected chi connectivity index (χ3v) is 5.87. The summed E-state index contributed by atoms with van der Waals surface area (Å²) >= 11 is 12.5. The monoisotopic (exact) mass is 420 g/mol. The van der Waals surface area contributed by atoms with Crippen molar-refractivity contribution in [1.82, 2.24) is 19.9 Å². The van der Waals surface area contributed by atoms with Crippen LogP contribution in [0.15, 0.2) is 18.3 Å². The van der Waals surface area contributed by atoms with Crippen molar-refractivity contribution in [1.29, 1.82) is 0 Å². The Balaban J connectivity index is 1.72. The second-order valence-corrected chi connectivity index (χ2v) is 7.28. The topological polar surface area (TPSA) is 80.3 Å². The summed E-state index contributed by atoms with van der Waals surface area (Å²) in [5.41, 5.74) is 2.89. The first-order chi connectivity index (χ1) is 13.5. The molecular formula is C19H18Cl2N4O3. The van der Waals surface area contributed by atoms with Crippen LogP contribution >= 0.6 is 23.2 Å². The zero-order valence-corrected chi connectivity index (χ0v) is 17.1. The summed E-state index contributed by atoms with van der Waals surface area (Å²) in [4.78, 5) is 26.6. The van der Waals surface area contributed by atoms with Gasteiger partial charge in [0, 0.05) is 29.6 Å². The highest BCUT2D eigenvalue weighted by Crippen LogP contribution is 2.40. The van der Waals surface area contributed by atoms with Crippen molar-refractivity contribution in [2.75, 3.05) is 20.8 Å². The number of aromatic amines is 1. The summed E-state index contributed by atoms with van der Waals surface area (Å²) in [5.74, 6) is 0.387. The maximum Gasteiger partial charge on any atom is 0.292 e. The minimum atomic E-state index is -0.270. The normalized spacial score (nSPS) is 16.2. The maximum absolute atomic E-state index is 13.1. The van der Waals surface area contributed by atoms with E-state index in [0.717, 1.165) is 22.2 Å². The number of hydrogen-bond acceptors (Lipinski definition) is 5. The molecule has 1 aromatic carbocycles. The number of aromatic nitrogens is 3. The number of nitrogens with zero attached hydrogens (tertiary/aromatic N) is 3. The number of benzene rings is 1. The summed E-state index contributed by atoms with van der Waals surface area (Å²) in [6.07, 6.45) is 2.11. The van der Waals surface area contributed by atoms with Crippen molar-refractivity contribution in [3.8, 4) is 11.6 Å². The molecular weight excluding hydrogens is 403 g/mol. The molecule has 0 radical (unpaired) electrons. The van der Waals surface area contributed by atoms with E-state index in [9.17, 15) is 4.79 Å². The third kappa shape index (κ3) is 2.86. The van der Waals surface area contributed by atoms with Crippen molar-refractivity contribution < 1.29 is 14.3 Å². The second kappa shape index (κ2) is 7.14. The highest BCUT2D eigenvalue weighted by molar-refractivity contribution is 6.45. The number of halogens is 2. The molecule has 2 aromatic heterocycles. The van der Waals surface area contributed by atoms with E-state index in [1.807, 2.05) is 13.0 Å². The highest BCUT2D eigenvalue weighted by Gasteiger charge is 2.33. The van der Waals surface area contributed by atoms with Gasteiger partial charge in [0.15, 0.2) is 5.75 Å². The lowest BCUT2D eigenvalue weighted by Crippen LogP contribution is -2.39. The Morgan fingerprint density at radius 2 is 2.07 bits per heavy atom. The predicted octanol–water partition coefficient (Wildman–Crippen LogP) is 4.04. The largest absolute Gasteiger partial charge is 0.490 e. The fourth-order valence-corrected chi connectivity index (χ4v) is 4.05. The number of rotatable bonds is 3. The number of methoxy groups -OCH3 is 2. The lowest BCUT2D eigenvalue weighted by atomic mass is 9.97. The lowest BCUT2D eigenvalue weighted by Gasteiger charge is -2.33. The van der Waals surface area contributed by atoms with E-state index in [1.165, 1.54) is 20.4 Å². The number of carbonyl (C=O) groups excluding carboxylic acids is 1. The van der Waals surface area contributed by atoms with E-state index in [1.54, 1.807) is 11.0 Å². The standard InChI is InChI=1S/C19H18Cl2N4O3/c1-9-14-10-4-5-11(20)15(21)16(10)23-12(14)6-7-25(9)19(26)17-22-8-13(27-2)18(24-17)28-3/h4-5,8-9,23H,6-7H2,1-3H3/t9-/m1/s1. The molecule has 3 aromatic rings. The van der Waals surface area contributed by atoms with Gasteiger partial charge in [0.2, 0.25) is 5.82 Å². The van der Waals surface area contributed by atoms with Gasteiger partial charge in [-0.05, 0) is 13.0 Å². The number of H-pyrrole nitrogens is 1. The maximum atomic E-state index is 13.1. The number of carbonyl (C=O) groups is 1. The van der Waals surface area contributed by atoms with Gasteiger partial charge in [-0.25, -0.2) is 4.98 Å². The van der Waals surface area contributed by atoms with Gasteiger partial charge in [0.25, 0.3) is 11.8 Å². The van der Waals surface area contributed by atoms with Crippen LogP contribution in [0, 0.1) is 0 Å². The van der Waals surface area contributed by atoms with Gasteiger partial charge in [-0.15, -0.1) is 0 Å². The van der Waals surface area contributed by atoms with Crippen LogP contribution in [0.1, 0.15) is 34.8 Å². The van der Waals surface area contributed by atoms with Gasteiger partial charge in [0.05, 0.1) is 42.0 Å². The number of hydrogen-bond donors (Lipinski definition) is 1. The molecule has 3 heterocycles. The number of amides is 1. The summed E-state index contributed by atoms with van der Waals surface area (Å²) in [6.45, 7) is 2.51. The van der Waals surface area contributed by atoms with Crippen LogP contribution in [0.4, 0.5) is 0 Å². The van der Waals surface area contributed by atoms with Gasteiger partial charge in [-0.1, -0.05) is 29.3 Å². The van der Waals surface area contributed by atoms with Crippen molar-refractivity contribution in [3.05, 3.63) is 45.5 Å². The zero-order valence-electron chi connectivity index (χ0n) is 15.5. The summed E-state index contributed by atoms with van der Waals surface area (Å²) in [6, 6.07) is 3.51. The van der Waals surface area contributed by atoms with Crippen molar-refractivity contribution in [2.45, 2.75) is 19.4 Å². The van der Waals surface area contributed by atoms with Crippen LogP contribution < -0.4 is 9.47 Å². The van der Waals surface area contributed by atoms with E-state index in [2.05, 4.69) is 15.0 Å². The first kappa shape index (κ1) is 18.8. The number of ether oxygens (including phenoxy) is 2. The lowest BCUT2D eigenvalue weighted by molar-refractivity contribution is 0.0664. The Morgan fingerprint density at radius 3 is 2.79 bits per heavy atom. The molecule has 0 saturated heterocycles. The fraction of sp³-hybridized carbons (Fsp3) is 0.316. The van der Waals surface area contributed by atoms with Crippen molar-refractivity contribution >= 4 is 40.0 Å². The third-order valence-electron chi connectivity index (χ3n) is 5.06.